The van der Waals surface area contributed by atoms with Crippen LogP contribution in [0.2, 0.25) is 0 Å². The highest BCUT2D eigenvalue weighted by Crippen LogP contribution is 2.29. The summed E-state index contributed by atoms with van der Waals surface area (Å²) in [5, 5.41) is 2.36. The van der Waals surface area contributed by atoms with Crippen LogP contribution in [0.4, 0.5) is 5.69 Å². The molecule has 0 saturated carbocycles. The number of methoxy groups -OCH3 is 1. The minimum absolute atomic E-state index is 0.0216. The van der Waals surface area contributed by atoms with Gasteiger partial charge in [-0.25, -0.2) is 0 Å². The Morgan fingerprint density at radius 2 is 2.00 bits per heavy atom. The van der Waals surface area contributed by atoms with Crippen LogP contribution in [0.3, 0.4) is 0 Å². The topological polar surface area (TPSA) is 54.9 Å². The number of fused-ring (bicyclic) bond motifs is 1. The molecule has 34 heavy (non-hydrogen) atoms. The Balaban J connectivity index is 1.37. The van der Waals surface area contributed by atoms with Gasteiger partial charge in [-0.1, -0.05) is 18.2 Å². The monoisotopic (exact) mass is 459 g/mol. The molecule has 1 unspecified atom stereocenters. The molecule has 2 saturated heterocycles. The molecule has 2 aliphatic heterocycles. The van der Waals surface area contributed by atoms with Crippen molar-refractivity contribution in [1.29, 1.82) is 0 Å². The van der Waals surface area contributed by atoms with Gasteiger partial charge in [0.15, 0.2) is 0 Å². The second-order valence-corrected chi connectivity index (χ2v) is 9.34. The fourth-order valence-corrected chi connectivity index (χ4v) is 5.25. The van der Waals surface area contributed by atoms with E-state index in [1.54, 1.807) is 7.11 Å². The first kappa shape index (κ1) is 22.7. The fourth-order valence-electron chi connectivity index (χ4n) is 5.25. The molecule has 3 aromatic rings. The van der Waals surface area contributed by atoms with E-state index in [0.29, 0.717) is 37.6 Å². The van der Waals surface area contributed by atoms with Crippen LogP contribution in [-0.4, -0.2) is 62.3 Å². The predicted molar refractivity (Wildman–Crippen MR) is 135 cm³/mol. The van der Waals surface area contributed by atoms with E-state index in [0.717, 1.165) is 30.6 Å². The quantitative estimate of drug-likeness (QED) is 0.560. The van der Waals surface area contributed by atoms with E-state index in [9.17, 15) is 4.79 Å². The van der Waals surface area contributed by atoms with Crippen molar-refractivity contribution in [3.8, 4) is 5.75 Å². The highest BCUT2D eigenvalue weighted by Gasteiger charge is 2.27. The van der Waals surface area contributed by atoms with Crippen molar-refractivity contribution < 1.29 is 14.3 Å². The third-order valence-corrected chi connectivity index (χ3v) is 7.04. The highest BCUT2D eigenvalue weighted by atomic mass is 16.5. The molecule has 2 fully saturated rings. The summed E-state index contributed by atoms with van der Waals surface area (Å²) in [6, 6.07) is 14.4. The molecule has 1 atom stereocenters. The number of benzene rings is 2. The smallest absolute Gasteiger partial charge is 0.257 e. The first-order valence-corrected chi connectivity index (χ1v) is 12.3. The number of carbonyl (C=O) groups excluding carboxylic acids is 1. The van der Waals surface area contributed by atoms with Crippen molar-refractivity contribution in [2.24, 2.45) is 5.92 Å². The van der Waals surface area contributed by atoms with Crippen LogP contribution in [0.15, 0.2) is 54.9 Å². The van der Waals surface area contributed by atoms with Crippen LogP contribution in [0.25, 0.3) is 10.8 Å². The second kappa shape index (κ2) is 10.4. The summed E-state index contributed by atoms with van der Waals surface area (Å²) in [6.07, 6.45) is 8.28. The van der Waals surface area contributed by atoms with Gasteiger partial charge >= 0.3 is 0 Å². The number of pyridine rings is 1. The molecule has 2 aliphatic rings. The molecule has 0 radical (unpaired) electrons. The molecule has 2 aromatic carbocycles. The number of aromatic nitrogens is 1. The minimum Gasteiger partial charge on any atom is -0.496 e. The minimum atomic E-state index is 0.0216. The Morgan fingerprint density at radius 3 is 2.85 bits per heavy atom. The van der Waals surface area contributed by atoms with Gasteiger partial charge in [-0.2, -0.15) is 0 Å². The van der Waals surface area contributed by atoms with Crippen molar-refractivity contribution in [3.63, 3.8) is 0 Å². The van der Waals surface area contributed by atoms with Crippen molar-refractivity contribution in [1.82, 2.24) is 9.88 Å². The zero-order chi connectivity index (χ0) is 23.3. The molecule has 5 rings (SSSR count). The molecule has 1 aromatic heterocycles. The van der Waals surface area contributed by atoms with E-state index in [-0.39, 0.29) is 11.8 Å². The number of hydrogen-bond acceptors (Lipinski definition) is 5. The lowest BCUT2D eigenvalue weighted by Crippen LogP contribution is -2.37. The zero-order valence-electron chi connectivity index (χ0n) is 19.9. The van der Waals surface area contributed by atoms with Gasteiger partial charge in [-0.15, -0.1) is 0 Å². The summed E-state index contributed by atoms with van der Waals surface area (Å²) >= 11 is 0. The number of ether oxygens (including phenoxy) is 2. The second-order valence-electron chi connectivity index (χ2n) is 9.34. The predicted octanol–water partition coefficient (Wildman–Crippen LogP) is 4.57. The third kappa shape index (κ3) is 4.87. The lowest BCUT2D eigenvalue weighted by atomic mass is 9.95. The van der Waals surface area contributed by atoms with Gasteiger partial charge in [0.25, 0.3) is 5.91 Å². The Kier molecular flexibility index (Phi) is 6.95. The average Bonchev–Trinajstić information content (AvgIpc) is 3.14. The van der Waals surface area contributed by atoms with Crippen LogP contribution in [-0.2, 0) is 11.2 Å². The van der Waals surface area contributed by atoms with Crippen molar-refractivity contribution in [2.75, 3.05) is 51.4 Å². The summed E-state index contributed by atoms with van der Waals surface area (Å²) < 4.78 is 11.5. The Hall–Kier alpha value is -3.12. The zero-order valence-corrected chi connectivity index (χ0v) is 19.9. The Morgan fingerprint density at radius 1 is 1.12 bits per heavy atom. The van der Waals surface area contributed by atoms with E-state index in [1.165, 1.54) is 30.2 Å². The van der Waals surface area contributed by atoms with E-state index in [2.05, 4.69) is 40.2 Å². The van der Waals surface area contributed by atoms with Gasteiger partial charge < -0.3 is 19.3 Å². The number of rotatable bonds is 5. The molecule has 6 heteroatoms. The maximum Gasteiger partial charge on any atom is 0.257 e. The Bertz CT molecular complexity index is 1140. The first-order valence-electron chi connectivity index (χ1n) is 12.3. The molecule has 1 amide bonds. The maximum absolute atomic E-state index is 13.7. The molecule has 0 N–H and O–H groups in total. The van der Waals surface area contributed by atoms with Crippen molar-refractivity contribution >= 4 is 22.4 Å². The third-order valence-electron chi connectivity index (χ3n) is 7.04. The summed E-state index contributed by atoms with van der Waals surface area (Å²) in [6.45, 7) is 4.54. The first-order chi connectivity index (χ1) is 16.7. The molecular formula is C28H33N3O3. The molecule has 6 nitrogen and oxygen atoms in total. The number of anilines is 1. The number of carbonyl (C=O) groups is 1. The van der Waals surface area contributed by atoms with Gasteiger partial charge in [0, 0.05) is 55.6 Å². The molecule has 0 spiro atoms. The van der Waals surface area contributed by atoms with Crippen LogP contribution in [0, 0.1) is 5.92 Å². The van der Waals surface area contributed by atoms with Crippen molar-refractivity contribution in [2.45, 2.75) is 25.7 Å². The highest BCUT2D eigenvalue weighted by molar-refractivity contribution is 5.98. The maximum atomic E-state index is 13.7. The van der Waals surface area contributed by atoms with Gasteiger partial charge in [-0.05, 0) is 60.9 Å². The lowest BCUT2D eigenvalue weighted by molar-refractivity contribution is 0.0734. The summed E-state index contributed by atoms with van der Waals surface area (Å²) in [5.41, 5.74) is 3.02. The summed E-state index contributed by atoms with van der Waals surface area (Å²) in [4.78, 5) is 22.3. The van der Waals surface area contributed by atoms with Gasteiger partial charge in [0.1, 0.15) is 5.75 Å². The van der Waals surface area contributed by atoms with E-state index < -0.39 is 0 Å². The molecule has 0 aliphatic carbocycles. The summed E-state index contributed by atoms with van der Waals surface area (Å²) in [5.74, 6) is 0.879. The number of amides is 1. The van der Waals surface area contributed by atoms with Crippen LogP contribution in [0.5, 0.6) is 5.75 Å². The normalized spacial score (nSPS) is 19.1. The SMILES string of the molecule is COc1ccc(N2CCCCC2)cc1C(=O)N1CCOCC(Cc2cccc3cnccc23)C1. The number of hydrogen-bond donors (Lipinski definition) is 0. The number of piperidine rings is 1. The lowest BCUT2D eigenvalue weighted by Gasteiger charge is -2.30. The van der Waals surface area contributed by atoms with Crippen molar-refractivity contribution in [3.05, 3.63) is 66.0 Å². The van der Waals surface area contributed by atoms with Gasteiger partial charge in [0.05, 0.1) is 25.9 Å². The average molecular weight is 460 g/mol. The largest absolute Gasteiger partial charge is 0.496 e. The Labute approximate surface area is 201 Å². The van der Waals surface area contributed by atoms with E-state index >= 15 is 0 Å². The molecular weight excluding hydrogens is 426 g/mol. The fraction of sp³-hybridized carbons (Fsp3) is 0.429. The van der Waals surface area contributed by atoms with Crippen LogP contribution < -0.4 is 9.64 Å². The van der Waals surface area contributed by atoms with Gasteiger partial charge in [0.2, 0.25) is 0 Å². The van der Waals surface area contributed by atoms with Crippen LogP contribution in [0.1, 0.15) is 35.2 Å². The van der Waals surface area contributed by atoms with Crippen LogP contribution >= 0.6 is 0 Å². The molecule has 0 bridgehead atoms. The number of nitrogens with zero attached hydrogens (tertiary/aromatic N) is 3. The molecule has 3 heterocycles. The van der Waals surface area contributed by atoms with E-state index in [1.807, 2.05) is 29.4 Å². The standard InChI is InChI=1S/C28H33N3O3/c1-33-27-9-8-24(30-12-3-2-4-13-30)17-26(27)28(32)31-14-15-34-20-21(19-31)16-22-6-5-7-23-18-29-11-10-25(22)23/h5-11,17-18,21H,2-4,12-16,19-20H2,1H3. The van der Waals surface area contributed by atoms with E-state index in [4.69, 9.17) is 9.47 Å². The summed E-state index contributed by atoms with van der Waals surface area (Å²) in [7, 11) is 1.64. The molecule has 178 valence electrons. The van der Waals surface area contributed by atoms with Gasteiger partial charge in [-0.3, -0.25) is 9.78 Å².